The number of nitrogens with two attached hydrogens (primary N) is 1. The third kappa shape index (κ3) is 19.8. The second-order valence-electron chi connectivity index (χ2n) is 8.72. The standard InChI is InChI=1S/C14H26N2.C14H17N.C3H8/c1-5-12(2)8-6-7-9-13(3)10-11-16-14(4)15;1-5-6-9-13-12(4)8-7-10-14(13)15-11(2)3;1-3-2/h10-12H,4-9,15H2,1-3H3;5-10,15H,2,4H2,1,3H3;3H2,1-2H3/b13-10+,16-11-;6-5-,13-9+;. The number of anilines is 1. The summed E-state index contributed by atoms with van der Waals surface area (Å²) in [5, 5.41) is 5.35. The molecule has 1 rings (SSSR count). The van der Waals surface area contributed by atoms with Gasteiger partial charge in [-0.2, -0.15) is 0 Å². The van der Waals surface area contributed by atoms with Crippen molar-refractivity contribution in [3.63, 3.8) is 0 Å². The van der Waals surface area contributed by atoms with E-state index in [4.69, 9.17) is 5.73 Å². The highest BCUT2D eigenvalue weighted by Crippen LogP contribution is 2.14. The maximum Gasteiger partial charge on any atom is 0.115 e. The Morgan fingerprint density at radius 2 is 1.79 bits per heavy atom. The maximum absolute atomic E-state index is 5.33. The van der Waals surface area contributed by atoms with Gasteiger partial charge in [0.2, 0.25) is 0 Å². The van der Waals surface area contributed by atoms with Gasteiger partial charge >= 0.3 is 0 Å². The van der Waals surface area contributed by atoms with Crippen LogP contribution in [0.1, 0.15) is 87.0 Å². The van der Waals surface area contributed by atoms with E-state index in [2.05, 4.69) is 64.7 Å². The van der Waals surface area contributed by atoms with E-state index in [1.807, 2.05) is 56.4 Å². The quantitative estimate of drug-likeness (QED) is 0.258. The minimum Gasteiger partial charge on any atom is -0.384 e. The summed E-state index contributed by atoms with van der Waals surface area (Å²) in [5.74, 6) is 1.23. The third-order valence-electron chi connectivity index (χ3n) is 4.81. The summed E-state index contributed by atoms with van der Waals surface area (Å²) in [7, 11) is 0. The first-order chi connectivity index (χ1) is 16.1. The van der Waals surface area contributed by atoms with Crippen molar-refractivity contribution in [3.05, 3.63) is 77.1 Å². The van der Waals surface area contributed by atoms with Crippen LogP contribution < -0.4 is 21.5 Å². The lowest BCUT2D eigenvalue weighted by Gasteiger charge is -2.07. The number of benzene rings is 1. The fourth-order valence-electron chi connectivity index (χ4n) is 2.79. The van der Waals surface area contributed by atoms with Gasteiger partial charge < -0.3 is 11.1 Å². The molecule has 0 aliphatic carbocycles. The molecule has 1 aromatic carbocycles. The molecule has 1 aromatic rings. The molecule has 0 aliphatic heterocycles. The van der Waals surface area contributed by atoms with Crippen LogP contribution in [0.2, 0.25) is 0 Å². The van der Waals surface area contributed by atoms with Gasteiger partial charge in [0.05, 0.1) is 0 Å². The van der Waals surface area contributed by atoms with Gasteiger partial charge in [-0.05, 0) is 56.9 Å². The number of hydrogen-bond acceptors (Lipinski definition) is 3. The normalized spacial score (nSPS) is 12.6. The zero-order valence-electron chi connectivity index (χ0n) is 23.1. The molecule has 34 heavy (non-hydrogen) atoms. The average Bonchev–Trinajstić information content (AvgIpc) is 2.76. The predicted octanol–water partition coefficient (Wildman–Crippen LogP) is 7.86. The minimum atomic E-state index is 0.362. The van der Waals surface area contributed by atoms with Crippen LogP contribution in [0, 0.1) is 5.92 Å². The van der Waals surface area contributed by atoms with Crippen LogP contribution in [0.15, 0.2) is 71.7 Å². The van der Waals surface area contributed by atoms with Crippen LogP contribution in [0.3, 0.4) is 0 Å². The molecule has 0 saturated heterocycles. The molecule has 0 heterocycles. The van der Waals surface area contributed by atoms with Crippen LogP contribution in [0.5, 0.6) is 0 Å². The summed E-state index contributed by atoms with van der Waals surface area (Å²) in [5.41, 5.74) is 8.66. The number of unbranched alkanes of at least 4 members (excludes halogenated alkanes) is 1. The Morgan fingerprint density at radius 1 is 1.15 bits per heavy atom. The summed E-state index contributed by atoms with van der Waals surface area (Å²) < 4.78 is 0. The van der Waals surface area contributed by atoms with Crippen molar-refractivity contribution in [3.8, 4) is 0 Å². The number of nitrogens with one attached hydrogen (secondary N) is 1. The molecule has 3 heteroatoms. The number of hydrogen-bond donors (Lipinski definition) is 2. The zero-order valence-corrected chi connectivity index (χ0v) is 23.1. The highest BCUT2D eigenvalue weighted by Gasteiger charge is 1.98. The van der Waals surface area contributed by atoms with Gasteiger partial charge in [0, 0.05) is 22.8 Å². The SMILES string of the molecule is C=C(C)Nc1cccc(=C)/c1=C\C=C/C.C=C(N)/N=C\C=C(/C)CCCCC(C)CC.CCC. The highest BCUT2D eigenvalue weighted by molar-refractivity contribution is 5.72. The van der Waals surface area contributed by atoms with Gasteiger partial charge in [0.1, 0.15) is 5.82 Å². The van der Waals surface area contributed by atoms with Crippen molar-refractivity contribution in [2.24, 2.45) is 16.6 Å². The van der Waals surface area contributed by atoms with Gasteiger partial charge in [0.25, 0.3) is 0 Å². The fourth-order valence-corrected chi connectivity index (χ4v) is 2.79. The van der Waals surface area contributed by atoms with Crippen molar-refractivity contribution < 1.29 is 0 Å². The molecule has 0 saturated carbocycles. The third-order valence-corrected chi connectivity index (χ3v) is 4.81. The molecule has 0 radical (unpaired) electrons. The summed E-state index contributed by atoms with van der Waals surface area (Å²) in [4.78, 5) is 3.92. The van der Waals surface area contributed by atoms with Gasteiger partial charge in [-0.1, -0.05) is 109 Å². The van der Waals surface area contributed by atoms with E-state index in [9.17, 15) is 0 Å². The Labute approximate surface area is 210 Å². The Balaban J connectivity index is 0. The van der Waals surface area contributed by atoms with E-state index < -0.39 is 0 Å². The Bertz CT molecular complexity index is 888. The molecule has 0 aliphatic rings. The lowest BCUT2D eigenvalue weighted by atomic mass is 9.99. The van der Waals surface area contributed by atoms with E-state index in [-0.39, 0.29) is 0 Å². The molecular weight excluding hydrogens is 414 g/mol. The summed E-state index contributed by atoms with van der Waals surface area (Å²) in [6.07, 6.45) is 17.4. The molecule has 0 amide bonds. The highest BCUT2D eigenvalue weighted by atomic mass is 14.9. The second-order valence-corrected chi connectivity index (χ2v) is 8.72. The molecule has 3 nitrogen and oxygen atoms in total. The average molecular weight is 466 g/mol. The minimum absolute atomic E-state index is 0.362. The van der Waals surface area contributed by atoms with Crippen LogP contribution in [0.4, 0.5) is 5.69 Å². The van der Waals surface area contributed by atoms with Crippen molar-refractivity contribution >= 4 is 24.6 Å². The largest absolute Gasteiger partial charge is 0.384 e. The van der Waals surface area contributed by atoms with Crippen LogP contribution in [-0.2, 0) is 0 Å². The first kappa shape index (κ1) is 33.4. The molecule has 0 bridgehead atoms. The molecule has 1 unspecified atom stereocenters. The number of allylic oxidation sites excluding steroid dienone is 5. The molecule has 3 N–H and O–H groups in total. The van der Waals surface area contributed by atoms with Gasteiger partial charge in [0.15, 0.2) is 0 Å². The molecular formula is C31H51N3. The Morgan fingerprint density at radius 3 is 2.32 bits per heavy atom. The summed E-state index contributed by atoms with van der Waals surface area (Å²) in [6.45, 7) is 26.2. The van der Waals surface area contributed by atoms with Gasteiger partial charge in [-0.25, -0.2) is 4.99 Å². The lowest BCUT2D eigenvalue weighted by molar-refractivity contribution is 0.484. The number of rotatable bonds is 11. The first-order valence-electron chi connectivity index (χ1n) is 12.6. The summed E-state index contributed by atoms with van der Waals surface area (Å²) in [6, 6.07) is 6.01. The first-order valence-corrected chi connectivity index (χ1v) is 12.6. The maximum atomic E-state index is 5.33. The molecule has 0 fully saturated rings. The fraction of sp³-hybridized carbons (Fsp3) is 0.452. The lowest BCUT2D eigenvalue weighted by Crippen LogP contribution is -2.25. The van der Waals surface area contributed by atoms with E-state index >= 15 is 0 Å². The topological polar surface area (TPSA) is 50.4 Å². The molecule has 1 atom stereocenters. The van der Waals surface area contributed by atoms with E-state index in [1.165, 1.54) is 37.7 Å². The number of aliphatic imine (C=N–C) groups is 1. The predicted molar refractivity (Wildman–Crippen MR) is 158 cm³/mol. The zero-order chi connectivity index (χ0) is 26.4. The van der Waals surface area contributed by atoms with Crippen molar-refractivity contribution in [2.45, 2.75) is 87.0 Å². The second kappa shape index (κ2) is 22.0. The van der Waals surface area contributed by atoms with Crippen molar-refractivity contribution in [1.82, 2.24) is 0 Å². The van der Waals surface area contributed by atoms with E-state index in [0.29, 0.717) is 5.82 Å². The van der Waals surface area contributed by atoms with Crippen molar-refractivity contribution in [2.75, 3.05) is 5.32 Å². The Kier molecular flexibility index (Phi) is 21.6. The van der Waals surface area contributed by atoms with Gasteiger partial charge in [-0.15, -0.1) is 0 Å². The smallest absolute Gasteiger partial charge is 0.115 e. The van der Waals surface area contributed by atoms with E-state index in [0.717, 1.165) is 34.2 Å². The van der Waals surface area contributed by atoms with Crippen LogP contribution in [0.25, 0.3) is 12.7 Å². The van der Waals surface area contributed by atoms with Gasteiger partial charge in [-0.3, -0.25) is 0 Å². The molecule has 0 aromatic heterocycles. The molecule has 0 spiro atoms. The Hall–Kier alpha value is -2.81. The van der Waals surface area contributed by atoms with E-state index in [1.54, 1.807) is 6.21 Å². The number of nitrogens with zero attached hydrogens (tertiary/aromatic N) is 1. The monoisotopic (exact) mass is 465 g/mol. The van der Waals surface area contributed by atoms with Crippen LogP contribution in [-0.4, -0.2) is 6.21 Å². The van der Waals surface area contributed by atoms with Crippen molar-refractivity contribution in [1.29, 1.82) is 0 Å². The molecule has 190 valence electrons. The van der Waals surface area contributed by atoms with Crippen LogP contribution >= 0.6 is 0 Å². The summed E-state index contributed by atoms with van der Waals surface area (Å²) >= 11 is 0.